The summed E-state index contributed by atoms with van der Waals surface area (Å²) in [5, 5.41) is 3.42. The zero-order chi connectivity index (χ0) is 9.23. The maximum atomic E-state index is 10.9. The Morgan fingerprint density at radius 3 is 2.83 bits per heavy atom. The highest BCUT2D eigenvalue weighted by molar-refractivity contribution is 9.09. The molecule has 0 radical (unpaired) electrons. The third kappa shape index (κ3) is 7.97. The van der Waals surface area contributed by atoms with E-state index in [4.69, 9.17) is 9.47 Å². The van der Waals surface area contributed by atoms with Gasteiger partial charge in [0.2, 0.25) is 5.91 Å². The van der Waals surface area contributed by atoms with Crippen LogP contribution in [0.25, 0.3) is 0 Å². The van der Waals surface area contributed by atoms with E-state index in [0.717, 1.165) is 5.33 Å². The lowest BCUT2D eigenvalue weighted by Gasteiger charge is -2.03. The molecule has 72 valence electrons. The number of alkyl halides is 1. The molecule has 0 aliphatic rings. The first-order valence-electron chi connectivity index (χ1n) is 3.70. The fourth-order valence-electron chi connectivity index (χ4n) is 0.545. The van der Waals surface area contributed by atoms with Gasteiger partial charge in [-0.05, 0) is 0 Å². The van der Waals surface area contributed by atoms with Gasteiger partial charge in [-0.3, -0.25) is 4.79 Å². The van der Waals surface area contributed by atoms with Gasteiger partial charge in [0.15, 0.2) is 0 Å². The summed E-state index contributed by atoms with van der Waals surface area (Å²) < 4.78 is 9.72. The lowest BCUT2D eigenvalue weighted by Crippen LogP contribution is -2.29. The molecule has 12 heavy (non-hydrogen) atoms. The van der Waals surface area contributed by atoms with Crippen molar-refractivity contribution in [1.82, 2.24) is 5.32 Å². The Balaban J connectivity index is 3.08. The molecule has 5 heteroatoms. The van der Waals surface area contributed by atoms with Crippen LogP contribution in [-0.4, -0.2) is 44.7 Å². The predicted octanol–water partition coefficient (Wildman–Crippen LogP) is 0.161. The monoisotopic (exact) mass is 239 g/mol. The number of carbonyl (C=O) groups excluding carboxylic acids is 1. The number of halogens is 1. The van der Waals surface area contributed by atoms with Crippen LogP contribution in [0.2, 0.25) is 0 Å². The number of ether oxygens (including phenoxy) is 2. The summed E-state index contributed by atoms with van der Waals surface area (Å²) >= 11 is 3.20. The van der Waals surface area contributed by atoms with Gasteiger partial charge in [-0.25, -0.2) is 0 Å². The zero-order valence-electron chi connectivity index (χ0n) is 7.14. The fourth-order valence-corrected chi connectivity index (χ4v) is 0.743. The van der Waals surface area contributed by atoms with Crippen molar-refractivity contribution >= 4 is 21.8 Å². The molecule has 0 saturated carbocycles. The molecule has 0 fully saturated rings. The van der Waals surface area contributed by atoms with Crippen LogP contribution in [0.3, 0.4) is 0 Å². The topological polar surface area (TPSA) is 47.6 Å². The van der Waals surface area contributed by atoms with Crippen molar-refractivity contribution in [1.29, 1.82) is 0 Å². The number of nitrogens with one attached hydrogen (secondary N) is 1. The summed E-state index contributed by atoms with van der Waals surface area (Å²) in [6, 6.07) is 0. The predicted molar refractivity (Wildman–Crippen MR) is 49.5 cm³/mol. The van der Waals surface area contributed by atoms with Gasteiger partial charge < -0.3 is 14.8 Å². The van der Waals surface area contributed by atoms with Crippen LogP contribution >= 0.6 is 15.9 Å². The minimum absolute atomic E-state index is 0.0921. The maximum Gasteiger partial charge on any atom is 0.246 e. The van der Waals surface area contributed by atoms with Gasteiger partial charge in [0.05, 0.1) is 13.2 Å². The molecule has 0 spiro atoms. The van der Waals surface area contributed by atoms with Crippen LogP contribution in [0, 0.1) is 0 Å². The Kier molecular flexibility index (Phi) is 8.86. The van der Waals surface area contributed by atoms with Crippen LogP contribution in [0.5, 0.6) is 0 Å². The molecule has 1 amide bonds. The average molecular weight is 240 g/mol. The molecule has 0 saturated heterocycles. The second-order valence-corrected chi connectivity index (χ2v) is 2.88. The van der Waals surface area contributed by atoms with E-state index in [2.05, 4.69) is 21.2 Å². The number of methoxy groups -OCH3 is 1. The highest BCUT2D eigenvalue weighted by atomic mass is 79.9. The molecule has 0 atom stereocenters. The fraction of sp³-hybridized carbons (Fsp3) is 0.857. The first-order valence-corrected chi connectivity index (χ1v) is 4.82. The average Bonchev–Trinajstić information content (AvgIpc) is 2.09. The second kappa shape index (κ2) is 8.96. The van der Waals surface area contributed by atoms with Gasteiger partial charge in [-0.15, -0.1) is 0 Å². The smallest absolute Gasteiger partial charge is 0.246 e. The lowest BCUT2D eigenvalue weighted by molar-refractivity contribution is -0.125. The van der Waals surface area contributed by atoms with E-state index >= 15 is 0 Å². The molecular formula is C7H14BrNO3. The van der Waals surface area contributed by atoms with Crippen LogP contribution in [0.4, 0.5) is 0 Å². The van der Waals surface area contributed by atoms with Crippen molar-refractivity contribution < 1.29 is 14.3 Å². The molecule has 1 N–H and O–H groups in total. The molecule has 0 heterocycles. The van der Waals surface area contributed by atoms with Crippen LogP contribution in [0.15, 0.2) is 0 Å². The number of carbonyl (C=O) groups is 1. The Morgan fingerprint density at radius 1 is 1.50 bits per heavy atom. The standard InChI is InChI=1S/C7H14BrNO3/c1-11-4-5-12-6-7(10)9-3-2-8/h2-6H2,1H3,(H,9,10). The minimum Gasteiger partial charge on any atom is -0.382 e. The van der Waals surface area contributed by atoms with Crippen molar-refractivity contribution in [3.8, 4) is 0 Å². The third-order valence-electron chi connectivity index (χ3n) is 1.08. The minimum atomic E-state index is -0.0921. The summed E-state index contributed by atoms with van der Waals surface area (Å²) in [5.74, 6) is -0.0921. The largest absolute Gasteiger partial charge is 0.382 e. The summed E-state index contributed by atoms with van der Waals surface area (Å²) in [6.45, 7) is 1.72. The van der Waals surface area contributed by atoms with Crippen LogP contribution in [-0.2, 0) is 14.3 Å². The molecule has 0 aromatic carbocycles. The first kappa shape index (κ1) is 11.9. The van der Waals surface area contributed by atoms with Crippen molar-refractivity contribution in [2.75, 3.05) is 38.8 Å². The van der Waals surface area contributed by atoms with Crippen molar-refractivity contribution in [2.45, 2.75) is 0 Å². The molecule has 0 aromatic heterocycles. The van der Waals surface area contributed by atoms with Crippen LogP contribution in [0.1, 0.15) is 0 Å². The molecule has 0 aliphatic heterocycles. The molecule has 0 aliphatic carbocycles. The number of hydrogen-bond donors (Lipinski definition) is 1. The van der Waals surface area contributed by atoms with Crippen molar-refractivity contribution in [2.24, 2.45) is 0 Å². The summed E-state index contributed by atoms with van der Waals surface area (Å²) in [5.41, 5.74) is 0. The number of amides is 1. The first-order chi connectivity index (χ1) is 5.81. The van der Waals surface area contributed by atoms with E-state index in [0.29, 0.717) is 19.8 Å². The highest BCUT2D eigenvalue weighted by Crippen LogP contribution is 1.78. The molecule has 0 unspecified atom stereocenters. The lowest BCUT2D eigenvalue weighted by atomic mass is 10.6. The van der Waals surface area contributed by atoms with E-state index in [1.54, 1.807) is 7.11 Å². The quantitative estimate of drug-likeness (QED) is 0.509. The van der Waals surface area contributed by atoms with E-state index in [1.807, 2.05) is 0 Å². The van der Waals surface area contributed by atoms with E-state index in [9.17, 15) is 4.79 Å². The number of hydrogen-bond acceptors (Lipinski definition) is 3. The summed E-state index contributed by atoms with van der Waals surface area (Å²) in [7, 11) is 1.59. The Hall–Kier alpha value is -0.130. The Labute approximate surface area is 80.7 Å². The van der Waals surface area contributed by atoms with Crippen LogP contribution < -0.4 is 5.32 Å². The highest BCUT2D eigenvalue weighted by Gasteiger charge is 1.98. The zero-order valence-corrected chi connectivity index (χ0v) is 8.72. The Morgan fingerprint density at radius 2 is 2.25 bits per heavy atom. The van der Waals surface area contributed by atoms with Gasteiger partial charge in [0, 0.05) is 19.0 Å². The van der Waals surface area contributed by atoms with Crippen molar-refractivity contribution in [3.05, 3.63) is 0 Å². The summed E-state index contributed by atoms with van der Waals surface area (Å²) in [6.07, 6.45) is 0. The van der Waals surface area contributed by atoms with E-state index in [1.165, 1.54) is 0 Å². The number of rotatable bonds is 7. The van der Waals surface area contributed by atoms with Gasteiger partial charge in [0.1, 0.15) is 6.61 Å². The molecule has 0 rings (SSSR count). The molecule has 0 aromatic rings. The second-order valence-electron chi connectivity index (χ2n) is 2.08. The van der Waals surface area contributed by atoms with Gasteiger partial charge in [-0.1, -0.05) is 15.9 Å². The molecule has 0 bridgehead atoms. The van der Waals surface area contributed by atoms with E-state index in [-0.39, 0.29) is 12.5 Å². The van der Waals surface area contributed by atoms with E-state index < -0.39 is 0 Å². The van der Waals surface area contributed by atoms with Gasteiger partial charge >= 0.3 is 0 Å². The maximum absolute atomic E-state index is 10.9. The SMILES string of the molecule is COCCOCC(=O)NCCBr. The Bertz CT molecular complexity index is 121. The third-order valence-corrected chi connectivity index (χ3v) is 1.48. The summed E-state index contributed by atoms with van der Waals surface area (Å²) in [4.78, 5) is 10.9. The van der Waals surface area contributed by atoms with Gasteiger partial charge in [-0.2, -0.15) is 0 Å². The van der Waals surface area contributed by atoms with Crippen molar-refractivity contribution in [3.63, 3.8) is 0 Å². The molecular weight excluding hydrogens is 226 g/mol. The van der Waals surface area contributed by atoms with Gasteiger partial charge in [0.25, 0.3) is 0 Å². The molecule has 4 nitrogen and oxygen atoms in total. The normalized spacial score (nSPS) is 9.83.